The van der Waals surface area contributed by atoms with E-state index < -0.39 is 18.9 Å². The molecule has 1 aromatic heterocycles. The van der Waals surface area contributed by atoms with Crippen LogP contribution in [0.25, 0.3) is 0 Å². The predicted octanol–water partition coefficient (Wildman–Crippen LogP) is 3.69. The number of hydrogen-bond acceptors (Lipinski definition) is 2. The Balaban J connectivity index is 2.65. The molecule has 1 heterocycles. The van der Waals surface area contributed by atoms with Crippen LogP contribution in [0.5, 0.6) is 0 Å². The minimum Gasteiger partial charge on any atom is -0.364 e. The van der Waals surface area contributed by atoms with Crippen LogP contribution in [-0.4, -0.2) is 23.9 Å². The molecule has 1 N–H and O–H groups in total. The van der Waals surface area contributed by atoms with Gasteiger partial charge in [-0.25, -0.2) is 13.8 Å². The summed E-state index contributed by atoms with van der Waals surface area (Å²) < 4.78 is 49.2. The van der Waals surface area contributed by atoms with Crippen molar-refractivity contribution < 1.29 is 17.6 Å². The van der Waals surface area contributed by atoms with E-state index in [0.29, 0.717) is 0 Å². The van der Waals surface area contributed by atoms with Gasteiger partial charge in [-0.2, -0.15) is 8.78 Å². The molecule has 102 valence electrons. The normalized spacial score (nSPS) is 12.9. The molecule has 0 bridgehead atoms. The van der Waals surface area contributed by atoms with Crippen LogP contribution in [0, 0.1) is 0 Å². The fourth-order valence-corrected chi connectivity index (χ4v) is 1.23. The predicted molar refractivity (Wildman–Crippen MR) is 62.4 cm³/mol. The average Bonchev–Trinajstić information content (AvgIpc) is 2.25. The van der Waals surface area contributed by atoms with Crippen LogP contribution in [-0.2, 0) is 5.41 Å². The Kier molecular flexibility index (Phi) is 4.19. The third-order valence-corrected chi connectivity index (χ3v) is 2.45. The Morgan fingerprint density at radius 3 is 2.22 bits per heavy atom. The van der Waals surface area contributed by atoms with Crippen molar-refractivity contribution in [1.82, 2.24) is 4.98 Å². The van der Waals surface area contributed by atoms with Crippen molar-refractivity contribution in [2.75, 3.05) is 11.9 Å². The van der Waals surface area contributed by atoms with E-state index in [0.717, 1.165) is 5.56 Å². The van der Waals surface area contributed by atoms with Gasteiger partial charge in [-0.1, -0.05) is 26.8 Å². The van der Waals surface area contributed by atoms with Crippen LogP contribution in [0.4, 0.5) is 23.4 Å². The Labute approximate surface area is 103 Å². The first-order chi connectivity index (χ1) is 8.13. The number of anilines is 1. The largest absolute Gasteiger partial charge is 0.364 e. The minimum absolute atomic E-state index is 0.0988. The standard InChI is InChI=1S/C12H16F4N2/c1-11(2,3)8-4-5-9(17-6-8)18-7-12(15,16)10(13)14/h4-6,10H,7H2,1-3H3,(H,17,18). The second-order valence-corrected chi connectivity index (χ2v) is 5.10. The SMILES string of the molecule is CC(C)(C)c1ccc(NCC(F)(F)C(F)F)nc1. The summed E-state index contributed by atoms with van der Waals surface area (Å²) in [5.41, 5.74) is 0.840. The number of aromatic nitrogens is 1. The molecule has 0 aromatic carbocycles. The molecular formula is C12H16F4N2. The molecule has 0 atom stereocenters. The fourth-order valence-electron chi connectivity index (χ4n) is 1.23. The van der Waals surface area contributed by atoms with E-state index in [-0.39, 0.29) is 11.2 Å². The van der Waals surface area contributed by atoms with E-state index >= 15 is 0 Å². The van der Waals surface area contributed by atoms with Gasteiger partial charge in [-0.15, -0.1) is 0 Å². The lowest BCUT2D eigenvalue weighted by atomic mass is 9.88. The first kappa shape index (κ1) is 14.7. The quantitative estimate of drug-likeness (QED) is 0.839. The van der Waals surface area contributed by atoms with Crippen molar-refractivity contribution in [3.63, 3.8) is 0 Å². The number of pyridine rings is 1. The molecule has 2 nitrogen and oxygen atoms in total. The van der Waals surface area contributed by atoms with Gasteiger partial charge in [0, 0.05) is 6.20 Å². The van der Waals surface area contributed by atoms with Gasteiger partial charge in [0.15, 0.2) is 0 Å². The van der Waals surface area contributed by atoms with Gasteiger partial charge < -0.3 is 5.32 Å². The number of halogens is 4. The maximum atomic E-state index is 12.7. The number of nitrogens with one attached hydrogen (secondary N) is 1. The molecular weight excluding hydrogens is 248 g/mol. The minimum atomic E-state index is -4.05. The lowest BCUT2D eigenvalue weighted by Gasteiger charge is -2.19. The number of nitrogens with zero attached hydrogens (tertiary/aromatic N) is 1. The van der Waals surface area contributed by atoms with Crippen LogP contribution in [0.15, 0.2) is 18.3 Å². The van der Waals surface area contributed by atoms with Gasteiger partial charge >= 0.3 is 12.3 Å². The van der Waals surface area contributed by atoms with Crippen LogP contribution in [0.2, 0.25) is 0 Å². The highest BCUT2D eigenvalue weighted by Crippen LogP contribution is 2.24. The lowest BCUT2D eigenvalue weighted by Crippen LogP contribution is -2.35. The van der Waals surface area contributed by atoms with Crippen molar-refractivity contribution in [2.45, 2.75) is 38.5 Å². The van der Waals surface area contributed by atoms with Crippen LogP contribution < -0.4 is 5.32 Å². The van der Waals surface area contributed by atoms with Gasteiger partial charge in [0.05, 0.1) is 6.54 Å². The summed E-state index contributed by atoms with van der Waals surface area (Å²) in [6.45, 7) is 4.83. The molecule has 0 aliphatic carbocycles. The summed E-state index contributed by atoms with van der Waals surface area (Å²) in [4.78, 5) is 3.92. The van der Waals surface area contributed by atoms with Gasteiger partial charge in [-0.05, 0) is 17.0 Å². The van der Waals surface area contributed by atoms with Crippen LogP contribution in [0.3, 0.4) is 0 Å². The molecule has 0 aliphatic rings. The number of alkyl halides is 4. The van der Waals surface area contributed by atoms with Crippen molar-refractivity contribution in [1.29, 1.82) is 0 Å². The third kappa shape index (κ3) is 3.85. The van der Waals surface area contributed by atoms with Crippen LogP contribution >= 0.6 is 0 Å². The Hall–Kier alpha value is -1.33. The molecule has 0 radical (unpaired) electrons. The van der Waals surface area contributed by atoms with Crippen molar-refractivity contribution in [2.24, 2.45) is 0 Å². The van der Waals surface area contributed by atoms with E-state index in [1.54, 1.807) is 12.3 Å². The summed E-state index contributed by atoms with van der Waals surface area (Å²) in [7, 11) is 0. The van der Waals surface area contributed by atoms with E-state index in [9.17, 15) is 17.6 Å². The lowest BCUT2D eigenvalue weighted by molar-refractivity contribution is -0.117. The molecule has 0 fully saturated rings. The summed E-state index contributed by atoms with van der Waals surface area (Å²) in [5, 5.41) is 2.20. The highest BCUT2D eigenvalue weighted by atomic mass is 19.3. The van der Waals surface area contributed by atoms with Crippen LogP contribution in [0.1, 0.15) is 26.3 Å². The molecule has 18 heavy (non-hydrogen) atoms. The number of rotatable bonds is 4. The van der Waals surface area contributed by atoms with Gasteiger partial charge in [0.1, 0.15) is 5.82 Å². The fraction of sp³-hybridized carbons (Fsp3) is 0.583. The molecule has 6 heteroatoms. The van der Waals surface area contributed by atoms with E-state index in [2.05, 4.69) is 10.3 Å². The summed E-state index contributed by atoms with van der Waals surface area (Å²) >= 11 is 0. The second-order valence-electron chi connectivity index (χ2n) is 5.10. The monoisotopic (exact) mass is 264 g/mol. The smallest absolute Gasteiger partial charge is 0.324 e. The zero-order valence-electron chi connectivity index (χ0n) is 10.5. The molecule has 0 unspecified atom stereocenters. The number of hydrogen-bond donors (Lipinski definition) is 1. The zero-order valence-corrected chi connectivity index (χ0v) is 10.5. The topological polar surface area (TPSA) is 24.9 Å². The molecule has 1 aromatic rings. The van der Waals surface area contributed by atoms with Crippen molar-refractivity contribution in [3.8, 4) is 0 Å². The van der Waals surface area contributed by atoms with E-state index in [4.69, 9.17) is 0 Å². The summed E-state index contributed by atoms with van der Waals surface area (Å²) in [6, 6.07) is 3.23. The van der Waals surface area contributed by atoms with Crippen molar-refractivity contribution >= 4 is 5.82 Å². The zero-order chi connectivity index (χ0) is 14.0. The van der Waals surface area contributed by atoms with Gasteiger partial charge in [0.25, 0.3) is 0 Å². The van der Waals surface area contributed by atoms with E-state index in [1.807, 2.05) is 20.8 Å². The second kappa shape index (κ2) is 5.12. The maximum Gasteiger partial charge on any atom is 0.324 e. The average molecular weight is 264 g/mol. The highest BCUT2D eigenvalue weighted by molar-refractivity contribution is 5.37. The maximum absolute atomic E-state index is 12.7. The van der Waals surface area contributed by atoms with Gasteiger partial charge in [-0.3, -0.25) is 0 Å². The highest BCUT2D eigenvalue weighted by Gasteiger charge is 2.40. The molecule has 0 amide bonds. The summed E-state index contributed by atoms with van der Waals surface area (Å²) in [5.74, 6) is -3.90. The van der Waals surface area contributed by atoms with Crippen molar-refractivity contribution in [3.05, 3.63) is 23.9 Å². The van der Waals surface area contributed by atoms with E-state index in [1.165, 1.54) is 6.07 Å². The third-order valence-electron chi connectivity index (χ3n) is 2.45. The summed E-state index contributed by atoms with van der Waals surface area (Å²) in [6.07, 6.45) is -2.14. The molecule has 1 rings (SSSR count). The molecule has 0 aliphatic heterocycles. The molecule has 0 saturated carbocycles. The first-order valence-electron chi connectivity index (χ1n) is 5.49. The Morgan fingerprint density at radius 1 is 1.22 bits per heavy atom. The molecule has 0 spiro atoms. The Morgan fingerprint density at radius 2 is 1.83 bits per heavy atom. The molecule has 0 saturated heterocycles. The first-order valence-corrected chi connectivity index (χ1v) is 5.49. The Bertz CT molecular complexity index is 382. The van der Waals surface area contributed by atoms with Gasteiger partial charge in [0.2, 0.25) is 0 Å².